The minimum Gasteiger partial charge on any atom is -0.325 e. The number of para-hydroxylation sites is 1. The van der Waals surface area contributed by atoms with E-state index in [1.807, 2.05) is 18.2 Å². The number of non-ortho nitro benzene ring substituents is 1. The second-order valence-corrected chi connectivity index (χ2v) is 8.50. The number of nitrogens with zero attached hydrogens (tertiary/aromatic N) is 2. The van der Waals surface area contributed by atoms with Crippen LogP contribution in [0.4, 0.5) is 11.4 Å². The summed E-state index contributed by atoms with van der Waals surface area (Å²) in [6, 6.07) is 14.8. The third kappa shape index (κ3) is 6.30. The number of amides is 1. The fourth-order valence-electron chi connectivity index (χ4n) is 3.70. The van der Waals surface area contributed by atoms with Crippen LogP contribution in [0.1, 0.15) is 37.7 Å². The van der Waals surface area contributed by atoms with Crippen molar-refractivity contribution in [2.24, 2.45) is 0 Å². The lowest BCUT2D eigenvalue weighted by molar-refractivity contribution is -0.384. The molecular formula is C22H27N3O3S. The van der Waals surface area contributed by atoms with Crippen molar-refractivity contribution < 1.29 is 9.72 Å². The Balaban J connectivity index is 1.55. The molecular weight excluding hydrogens is 386 g/mol. The number of benzene rings is 2. The van der Waals surface area contributed by atoms with Gasteiger partial charge >= 0.3 is 0 Å². The molecule has 154 valence electrons. The highest BCUT2D eigenvalue weighted by molar-refractivity contribution is 8.00. The zero-order chi connectivity index (χ0) is 20.6. The Hall–Kier alpha value is -2.38. The van der Waals surface area contributed by atoms with Crippen LogP contribution in [0.15, 0.2) is 53.4 Å². The van der Waals surface area contributed by atoms with E-state index < -0.39 is 4.92 Å². The molecule has 29 heavy (non-hydrogen) atoms. The number of rotatable bonds is 8. The number of thioether (sulfide) groups is 1. The Labute approximate surface area is 175 Å². The Morgan fingerprint density at radius 2 is 1.83 bits per heavy atom. The summed E-state index contributed by atoms with van der Waals surface area (Å²) in [5, 5.41) is 13.7. The predicted molar refractivity (Wildman–Crippen MR) is 117 cm³/mol. The van der Waals surface area contributed by atoms with Crippen LogP contribution in [-0.2, 0) is 11.3 Å². The maximum atomic E-state index is 12.4. The summed E-state index contributed by atoms with van der Waals surface area (Å²) >= 11 is 1.37. The average molecular weight is 414 g/mol. The monoisotopic (exact) mass is 413 g/mol. The van der Waals surface area contributed by atoms with Gasteiger partial charge < -0.3 is 5.32 Å². The van der Waals surface area contributed by atoms with E-state index in [1.165, 1.54) is 56.0 Å². The Kier molecular flexibility index (Phi) is 7.66. The average Bonchev–Trinajstić information content (AvgIpc) is 2.74. The number of carbonyl (C=O) groups excluding carboxylic acids is 1. The van der Waals surface area contributed by atoms with Crippen LogP contribution in [0.3, 0.4) is 0 Å². The van der Waals surface area contributed by atoms with Crippen molar-refractivity contribution in [3.8, 4) is 0 Å². The van der Waals surface area contributed by atoms with Gasteiger partial charge in [0, 0.05) is 35.3 Å². The van der Waals surface area contributed by atoms with Gasteiger partial charge in [0.05, 0.1) is 10.7 Å². The molecule has 1 amide bonds. The van der Waals surface area contributed by atoms with Gasteiger partial charge in [0.15, 0.2) is 0 Å². The van der Waals surface area contributed by atoms with Crippen LogP contribution in [0.5, 0.6) is 0 Å². The second-order valence-electron chi connectivity index (χ2n) is 7.45. The van der Waals surface area contributed by atoms with Gasteiger partial charge in [-0.05, 0) is 43.7 Å². The topological polar surface area (TPSA) is 75.5 Å². The van der Waals surface area contributed by atoms with E-state index in [0.717, 1.165) is 22.7 Å². The summed E-state index contributed by atoms with van der Waals surface area (Å²) in [6.45, 7) is 0.816. The molecule has 0 atom stereocenters. The smallest absolute Gasteiger partial charge is 0.269 e. The quantitative estimate of drug-likeness (QED) is 0.371. The molecule has 2 aromatic rings. The minimum atomic E-state index is -0.428. The summed E-state index contributed by atoms with van der Waals surface area (Å²) in [5.41, 5.74) is 2.02. The van der Waals surface area contributed by atoms with Gasteiger partial charge in [-0.15, -0.1) is 11.8 Å². The highest BCUT2D eigenvalue weighted by Gasteiger charge is 2.19. The first kappa shape index (κ1) is 21.3. The van der Waals surface area contributed by atoms with E-state index in [1.54, 1.807) is 12.1 Å². The Morgan fingerprint density at radius 1 is 1.14 bits per heavy atom. The maximum absolute atomic E-state index is 12.4. The molecule has 0 unspecified atom stereocenters. The van der Waals surface area contributed by atoms with Crippen molar-refractivity contribution in [3.05, 3.63) is 64.2 Å². The molecule has 0 radical (unpaired) electrons. The van der Waals surface area contributed by atoms with Crippen molar-refractivity contribution in [3.63, 3.8) is 0 Å². The van der Waals surface area contributed by atoms with Gasteiger partial charge in [0.25, 0.3) is 5.69 Å². The van der Waals surface area contributed by atoms with Gasteiger partial charge in [-0.1, -0.05) is 37.5 Å². The number of nitrogens with one attached hydrogen (secondary N) is 1. The molecule has 1 aliphatic carbocycles. The van der Waals surface area contributed by atoms with E-state index in [9.17, 15) is 14.9 Å². The van der Waals surface area contributed by atoms with Crippen LogP contribution in [0, 0.1) is 10.1 Å². The van der Waals surface area contributed by atoms with Crippen molar-refractivity contribution in [1.29, 1.82) is 0 Å². The summed E-state index contributed by atoms with van der Waals surface area (Å²) in [6.07, 6.45) is 6.43. The number of nitro groups is 1. The Morgan fingerprint density at radius 3 is 2.52 bits per heavy atom. The lowest BCUT2D eigenvalue weighted by atomic mass is 9.94. The van der Waals surface area contributed by atoms with Crippen LogP contribution in [-0.4, -0.2) is 34.6 Å². The van der Waals surface area contributed by atoms with Gasteiger partial charge in [-0.25, -0.2) is 0 Å². The molecule has 1 fully saturated rings. The van der Waals surface area contributed by atoms with E-state index in [2.05, 4.69) is 23.3 Å². The highest BCUT2D eigenvalue weighted by Crippen LogP contribution is 2.25. The van der Waals surface area contributed by atoms with Gasteiger partial charge in [0.1, 0.15) is 0 Å². The van der Waals surface area contributed by atoms with Crippen LogP contribution in [0.25, 0.3) is 0 Å². The zero-order valence-corrected chi connectivity index (χ0v) is 17.5. The molecule has 0 spiro atoms. The molecule has 0 aliphatic heterocycles. The third-order valence-corrected chi connectivity index (χ3v) is 6.34. The fourth-order valence-corrected chi connectivity index (χ4v) is 4.40. The summed E-state index contributed by atoms with van der Waals surface area (Å²) in [4.78, 5) is 26.0. The van der Waals surface area contributed by atoms with Gasteiger partial charge in [-0.3, -0.25) is 19.8 Å². The van der Waals surface area contributed by atoms with Gasteiger partial charge in [0.2, 0.25) is 5.91 Å². The highest BCUT2D eigenvalue weighted by atomic mass is 32.2. The lowest BCUT2D eigenvalue weighted by Gasteiger charge is -2.31. The Bertz CT molecular complexity index is 835. The van der Waals surface area contributed by atoms with Crippen LogP contribution >= 0.6 is 11.8 Å². The summed E-state index contributed by atoms with van der Waals surface area (Å²) in [7, 11) is 2.17. The molecule has 1 N–H and O–H groups in total. The van der Waals surface area contributed by atoms with E-state index >= 15 is 0 Å². The first-order chi connectivity index (χ1) is 14.0. The van der Waals surface area contributed by atoms with E-state index in [-0.39, 0.29) is 17.3 Å². The molecule has 1 aliphatic rings. The number of hydrogen-bond acceptors (Lipinski definition) is 5. The molecule has 0 heterocycles. The first-order valence-electron chi connectivity index (χ1n) is 9.98. The standard InChI is InChI=1S/C22H27N3O3S/c1-24(18-8-3-2-4-9-18)15-17-7-5-6-10-21(17)23-22(26)16-29-20-13-11-19(12-14-20)25(27)28/h5-7,10-14,18H,2-4,8-9,15-16H2,1H3,(H,23,26). The number of carbonyl (C=O) groups is 1. The van der Waals surface area contributed by atoms with E-state index in [0.29, 0.717) is 6.04 Å². The first-order valence-corrected chi connectivity index (χ1v) is 11.0. The number of anilines is 1. The second kappa shape index (κ2) is 10.4. The van der Waals surface area contributed by atoms with Gasteiger partial charge in [-0.2, -0.15) is 0 Å². The molecule has 1 saturated carbocycles. The van der Waals surface area contributed by atoms with Crippen molar-refractivity contribution in [2.75, 3.05) is 18.1 Å². The van der Waals surface area contributed by atoms with Crippen molar-refractivity contribution in [1.82, 2.24) is 4.90 Å². The third-order valence-electron chi connectivity index (χ3n) is 5.33. The zero-order valence-electron chi connectivity index (χ0n) is 16.7. The number of nitro benzene ring substituents is 1. The fraction of sp³-hybridized carbons (Fsp3) is 0.409. The molecule has 0 bridgehead atoms. The molecule has 7 heteroatoms. The largest absolute Gasteiger partial charge is 0.325 e. The molecule has 6 nitrogen and oxygen atoms in total. The summed E-state index contributed by atoms with van der Waals surface area (Å²) < 4.78 is 0. The molecule has 0 saturated heterocycles. The van der Waals surface area contributed by atoms with Crippen LogP contribution < -0.4 is 5.32 Å². The summed E-state index contributed by atoms with van der Waals surface area (Å²) in [5.74, 6) is 0.172. The van der Waals surface area contributed by atoms with E-state index in [4.69, 9.17) is 0 Å². The normalized spacial score (nSPS) is 14.7. The van der Waals surface area contributed by atoms with Crippen molar-refractivity contribution >= 4 is 29.0 Å². The molecule has 3 rings (SSSR count). The molecule has 2 aromatic carbocycles. The van der Waals surface area contributed by atoms with Crippen LogP contribution in [0.2, 0.25) is 0 Å². The maximum Gasteiger partial charge on any atom is 0.269 e. The SMILES string of the molecule is CN(Cc1ccccc1NC(=O)CSc1ccc([N+](=O)[O-])cc1)C1CCCCC1. The minimum absolute atomic E-state index is 0.0508. The predicted octanol–water partition coefficient (Wildman–Crippen LogP) is 5.09. The molecule has 0 aromatic heterocycles. The number of hydrogen-bond donors (Lipinski definition) is 1. The lowest BCUT2D eigenvalue weighted by Crippen LogP contribution is -2.33. The van der Waals surface area contributed by atoms with Crippen molar-refractivity contribution in [2.45, 2.75) is 49.6 Å².